The minimum atomic E-state index is 0.0275. The van der Waals surface area contributed by atoms with Crippen LogP contribution in [-0.2, 0) is 13.5 Å². The van der Waals surface area contributed by atoms with Crippen LogP contribution in [0.4, 0.5) is 0 Å². The van der Waals surface area contributed by atoms with E-state index in [2.05, 4.69) is 18.3 Å². The van der Waals surface area contributed by atoms with E-state index in [1.54, 1.807) is 0 Å². The molecule has 0 saturated heterocycles. The van der Waals surface area contributed by atoms with E-state index in [0.29, 0.717) is 0 Å². The van der Waals surface area contributed by atoms with Crippen molar-refractivity contribution in [2.24, 2.45) is 12.8 Å². The highest BCUT2D eigenvalue weighted by atomic mass is 35.5. The smallest absolute Gasteiger partial charge is 0.0408 e. The molecule has 2 nitrogen and oxygen atoms in total. The second-order valence-electron chi connectivity index (χ2n) is 4.05. The summed E-state index contributed by atoms with van der Waals surface area (Å²) in [4.78, 5) is 0. The van der Waals surface area contributed by atoms with Crippen LogP contribution in [0.5, 0.6) is 0 Å². The third-order valence-corrected chi connectivity index (χ3v) is 2.86. The van der Waals surface area contributed by atoms with Gasteiger partial charge in [-0.05, 0) is 35.7 Å². The lowest BCUT2D eigenvalue weighted by Crippen LogP contribution is -2.12. The van der Waals surface area contributed by atoms with Crippen molar-refractivity contribution in [2.45, 2.75) is 12.5 Å². The van der Waals surface area contributed by atoms with Gasteiger partial charge in [-0.2, -0.15) is 0 Å². The number of halogens is 1. The Hall–Kier alpha value is -1.25. The van der Waals surface area contributed by atoms with Crippen molar-refractivity contribution in [2.75, 3.05) is 0 Å². The van der Waals surface area contributed by atoms with Crippen molar-refractivity contribution in [3.63, 3.8) is 0 Å². The Morgan fingerprint density at radius 1 is 1.38 bits per heavy atom. The van der Waals surface area contributed by atoms with Crippen molar-refractivity contribution in [3.05, 3.63) is 58.9 Å². The van der Waals surface area contributed by atoms with E-state index in [0.717, 1.165) is 17.0 Å². The van der Waals surface area contributed by atoms with Gasteiger partial charge in [-0.3, -0.25) is 0 Å². The Balaban J connectivity index is 2.10. The summed E-state index contributed by atoms with van der Waals surface area (Å²) in [6, 6.07) is 9.92. The first kappa shape index (κ1) is 11.2. The first-order valence-electron chi connectivity index (χ1n) is 5.27. The van der Waals surface area contributed by atoms with Crippen molar-refractivity contribution in [1.82, 2.24) is 4.57 Å². The molecule has 0 bridgehead atoms. The van der Waals surface area contributed by atoms with Crippen LogP contribution >= 0.6 is 11.6 Å². The number of rotatable bonds is 3. The van der Waals surface area contributed by atoms with Crippen LogP contribution in [0, 0.1) is 0 Å². The summed E-state index contributed by atoms with van der Waals surface area (Å²) in [7, 11) is 2.00. The van der Waals surface area contributed by atoms with Gasteiger partial charge in [-0.25, -0.2) is 0 Å². The molecular formula is C13H15ClN2. The molecule has 1 aromatic carbocycles. The molecule has 2 aromatic rings. The first-order valence-corrected chi connectivity index (χ1v) is 5.65. The zero-order valence-corrected chi connectivity index (χ0v) is 9.98. The van der Waals surface area contributed by atoms with Gasteiger partial charge in [0.1, 0.15) is 0 Å². The third kappa shape index (κ3) is 2.65. The van der Waals surface area contributed by atoms with Gasteiger partial charge in [-0.15, -0.1) is 0 Å². The molecule has 0 aliphatic heterocycles. The fraction of sp³-hybridized carbons (Fsp3) is 0.231. The molecule has 0 amide bonds. The van der Waals surface area contributed by atoms with Crippen LogP contribution in [0.2, 0.25) is 5.02 Å². The summed E-state index contributed by atoms with van der Waals surface area (Å²) in [5.74, 6) is 0. The van der Waals surface area contributed by atoms with Gasteiger partial charge < -0.3 is 10.3 Å². The SMILES string of the molecule is Cn1ccc(C(N)Cc2cccc(Cl)c2)c1. The van der Waals surface area contributed by atoms with Gasteiger partial charge in [-0.1, -0.05) is 23.7 Å². The average Bonchev–Trinajstić information content (AvgIpc) is 2.65. The van der Waals surface area contributed by atoms with E-state index >= 15 is 0 Å². The summed E-state index contributed by atoms with van der Waals surface area (Å²) < 4.78 is 2.01. The van der Waals surface area contributed by atoms with Gasteiger partial charge in [0.2, 0.25) is 0 Å². The maximum Gasteiger partial charge on any atom is 0.0408 e. The standard InChI is InChI=1S/C13H15ClN2/c1-16-6-5-11(9-16)13(15)8-10-3-2-4-12(14)7-10/h2-7,9,13H,8,15H2,1H3. The lowest BCUT2D eigenvalue weighted by Gasteiger charge is -2.10. The Kier molecular flexibility index (Phi) is 3.32. The molecule has 84 valence electrons. The maximum absolute atomic E-state index is 6.13. The number of nitrogens with zero attached hydrogens (tertiary/aromatic N) is 1. The predicted molar refractivity (Wildman–Crippen MR) is 67.5 cm³/mol. The lowest BCUT2D eigenvalue weighted by molar-refractivity contribution is 0.719. The maximum atomic E-state index is 6.13. The normalized spacial score (nSPS) is 12.7. The molecule has 2 N–H and O–H groups in total. The van der Waals surface area contributed by atoms with Crippen molar-refractivity contribution < 1.29 is 0 Å². The quantitative estimate of drug-likeness (QED) is 0.870. The minimum Gasteiger partial charge on any atom is -0.357 e. The van der Waals surface area contributed by atoms with Crippen LogP contribution in [0.3, 0.4) is 0 Å². The van der Waals surface area contributed by atoms with Crippen LogP contribution in [0.1, 0.15) is 17.2 Å². The number of aromatic nitrogens is 1. The summed E-state index contributed by atoms with van der Waals surface area (Å²) in [5.41, 5.74) is 8.46. The molecule has 0 aliphatic rings. The van der Waals surface area contributed by atoms with Crippen LogP contribution in [0.15, 0.2) is 42.7 Å². The molecule has 0 aliphatic carbocycles. The molecular weight excluding hydrogens is 220 g/mol. The molecule has 1 aromatic heterocycles. The molecule has 0 fully saturated rings. The molecule has 2 rings (SSSR count). The average molecular weight is 235 g/mol. The molecule has 0 radical (unpaired) electrons. The molecule has 0 spiro atoms. The molecule has 1 heterocycles. The highest BCUT2D eigenvalue weighted by molar-refractivity contribution is 6.30. The van der Waals surface area contributed by atoms with Crippen LogP contribution in [0.25, 0.3) is 0 Å². The van der Waals surface area contributed by atoms with Crippen LogP contribution in [-0.4, -0.2) is 4.57 Å². The van der Waals surface area contributed by atoms with Gasteiger partial charge in [0.05, 0.1) is 0 Å². The van der Waals surface area contributed by atoms with E-state index in [1.165, 1.54) is 5.56 Å². The largest absolute Gasteiger partial charge is 0.357 e. The number of hydrogen-bond acceptors (Lipinski definition) is 1. The first-order chi connectivity index (χ1) is 7.65. The Bertz CT molecular complexity index is 476. The number of benzene rings is 1. The summed E-state index contributed by atoms with van der Waals surface area (Å²) in [6.07, 6.45) is 4.87. The number of hydrogen-bond donors (Lipinski definition) is 1. The summed E-state index contributed by atoms with van der Waals surface area (Å²) >= 11 is 5.93. The van der Waals surface area contributed by atoms with Gasteiger partial charge in [0.15, 0.2) is 0 Å². The summed E-state index contributed by atoms with van der Waals surface area (Å²) in [6.45, 7) is 0. The van der Waals surface area contributed by atoms with Crippen molar-refractivity contribution in [1.29, 1.82) is 0 Å². The molecule has 3 heteroatoms. The fourth-order valence-electron chi connectivity index (χ4n) is 1.78. The second-order valence-corrected chi connectivity index (χ2v) is 4.49. The molecule has 1 unspecified atom stereocenters. The second kappa shape index (κ2) is 4.73. The van der Waals surface area contributed by atoms with E-state index in [4.69, 9.17) is 17.3 Å². The zero-order chi connectivity index (χ0) is 11.5. The molecule has 1 atom stereocenters. The molecule has 16 heavy (non-hydrogen) atoms. The Morgan fingerprint density at radius 3 is 2.81 bits per heavy atom. The zero-order valence-electron chi connectivity index (χ0n) is 9.23. The highest BCUT2D eigenvalue weighted by Gasteiger charge is 2.08. The highest BCUT2D eigenvalue weighted by Crippen LogP contribution is 2.18. The summed E-state index contributed by atoms with van der Waals surface area (Å²) in [5, 5.41) is 0.762. The number of aryl methyl sites for hydroxylation is 1. The van der Waals surface area contributed by atoms with Crippen molar-refractivity contribution >= 4 is 11.6 Å². The van der Waals surface area contributed by atoms with Crippen LogP contribution < -0.4 is 5.73 Å². The van der Waals surface area contributed by atoms with E-state index in [1.807, 2.05) is 36.0 Å². The predicted octanol–water partition coefficient (Wildman–Crippen LogP) is 2.92. The Labute approximate surface area is 101 Å². The minimum absolute atomic E-state index is 0.0275. The van der Waals surface area contributed by atoms with E-state index < -0.39 is 0 Å². The van der Waals surface area contributed by atoms with Crippen molar-refractivity contribution in [3.8, 4) is 0 Å². The monoisotopic (exact) mass is 234 g/mol. The number of nitrogens with two attached hydrogens (primary N) is 1. The van der Waals surface area contributed by atoms with E-state index in [9.17, 15) is 0 Å². The molecule has 0 saturated carbocycles. The third-order valence-electron chi connectivity index (χ3n) is 2.63. The fourth-order valence-corrected chi connectivity index (χ4v) is 1.99. The Morgan fingerprint density at radius 2 is 2.19 bits per heavy atom. The lowest BCUT2D eigenvalue weighted by atomic mass is 10.0. The van der Waals surface area contributed by atoms with Gasteiger partial charge >= 0.3 is 0 Å². The van der Waals surface area contributed by atoms with Gasteiger partial charge in [0, 0.05) is 30.5 Å². The topological polar surface area (TPSA) is 30.9 Å². The van der Waals surface area contributed by atoms with E-state index in [-0.39, 0.29) is 6.04 Å². The van der Waals surface area contributed by atoms with Gasteiger partial charge in [0.25, 0.3) is 0 Å².